The Balaban J connectivity index is 1.97. The molecule has 0 spiro atoms. The molecule has 0 aliphatic carbocycles. The zero-order valence-electron chi connectivity index (χ0n) is 12.5. The predicted octanol–water partition coefficient (Wildman–Crippen LogP) is 3.95. The fourth-order valence-corrected chi connectivity index (χ4v) is 3.43. The molecule has 2 nitrogen and oxygen atoms in total. The lowest BCUT2D eigenvalue weighted by atomic mass is 9.97. The summed E-state index contributed by atoms with van der Waals surface area (Å²) in [5.74, 6) is 0.0416. The van der Waals surface area contributed by atoms with Crippen LogP contribution in [0.2, 0.25) is 0 Å². The van der Waals surface area contributed by atoms with Crippen molar-refractivity contribution in [1.82, 2.24) is 5.32 Å². The predicted molar refractivity (Wildman–Crippen MR) is 85.7 cm³/mol. The summed E-state index contributed by atoms with van der Waals surface area (Å²) in [6.07, 6.45) is 0.883. The molecule has 20 heavy (non-hydrogen) atoms. The van der Waals surface area contributed by atoms with Crippen LogP contribution in [0.3, 0.4) is 0 Å². The van der Waals surface area contributed by atoms with Crippen molar-refractivity contribution in [1.29, 1.82) is 0 Å². The summed E-state index contributed by atoms with van der Waals surface area (Å²) < 4.78 is 0. The molecule has 1 N–H and O–H groups in total. The molecule has 3 heteroatoms. The third-order valence-electron chi connectivity index (χ3n) is 3.57. The maximum Gasteiger partial charge on any atom is 0.261 e. The molecule has 0 saturated carbocycles. The van der Waals surface area contributed by atoms with Crippen LogP contribution in [0, 0.1) is 27.7 Å². The molecule has 1 aromatic carbocycles. The van der Waals surface area contributed by atoms with Crippen molar-refractivity contribution in [2.24, 2.45) is 0 Å². The first kappa shape index (κ1) is 14.8. The van der Waals surface area contributed by atoms with E-state index in [2.05, 4.69) is 38.2 Å². The Kier molecular flexibility index (Phi) is 4.61. The molecule has 0 atom stereocenters. The molecule has 1 aromatic heterocycles. The molecule has 0 aliphatic heterocycles. The van der Waals surface area contributed by atoms with Crippen LogP contribution in [0.5, 0.6) is 0 Å². The Hall–Kier alpha value is -1.61. The quantitative estimate of drug-likeness (QED) is 0.906. The fraction of sp³-hybridized carbons (Fsp3) is 0.353. The minimum Gasteiger partial charge on any atom is -0.351 e. The van der Waals surface area contributed by atoms with Crippen molar-refractivity contribution in [3.05, 3.63) is 56.3 Å². The number of carbonyl (C=O) groups is 1. The summed E-state index contributed by atoms with van der Waals surface area (Å²) in [5.41, 5.74) is 6.31. The van der Waals surface area contributed by atoms with Gasteiger partial charge in [0.05, 0.1) is 4.88 Å². The summed E-state index contributed by atoms with van der Waals surface area (Å²) in [6, 6.07) is 6.38. The Morgan fingerprint density at radius 2 is 1.75 bits per heavy atom. The van der Waals surface area contributed by atoms with Gasteiger partial charge in [-0.15, -0.1) is 11.3 Å². The van der Waals surface area contributed by atoms with Gasteiger partial charge in [0.15, 0.2) is 0 Å². The van der Waals surface area contributed by atoms with E-state index in [1.807, 2.05) is 18.4 Å². The number of rotatable bonds is 4. The Morgan fingerprint density at radius 1 is 1.10 bits per heavy atom. The van der Waals surface area contributed by atoms with Crippen LogP contribution in [-0.4, -0.2) is 12.5 Å². The Morgan fingerprint density at radius 3 is 2.30 bits per heavy atom. The van der Waals surface area contributed by atoms with Crippen molar-refractivity contribution in [2.75, 3.05) is 6.54 Å². The molecule has 106 valence electrons. The maximum absolute atomic E-state index is 12.0. The molecule has 2 aromatic rings. The summed E-state index contributed by atoms with van der Waals surface area (Å²) in [4.78, 5) is 12.9. The SMILES string of the molecule is Cc1cc(C)c(CCNC(=O)c2sccc2C)c(C)c1. The van der Waals surface area contributed by atoms with Gasteiger partial charge < -0.3 is 5.32 Å². The standard InChI is InChI=1S/C17H21NOS/c1-11-9-13(3)15(14(4)10-11)5-7-18-17(19)16-12(2)6-8-20-16/h6,8-10H,5,7H2,1-4H3,(H,18,19). The second-order valence-electron chi connectivity index (χ2n) is 5.32. The lowest BCUT2D eigenvalue weighted by Crippen LogP contribution is -2.25. The molecular weight excluding hydrogens is 266 g/mol. The molecule has 1 heterocycles. The van der Waals surface area contributed by atoms with E-state index >= 15 is 0 Å². The number of aryl methyl sites for hydroxylation is 4. The maximum atomic E-state index is 12.0. The van der Waals surface area contributed by atoms with Crippen LogP contribution in [0.4, 0.5) is 0 Å². The highest BCUT2D eigenvalue weighted by molar-refractivity contribution is 7.12. The topological polar surface area (TPSA) is 29.1 Å². The van der Waals surface area contributed by atoms with Crippen LogP contribution < -0.4 is 5.32 Å². The van der Waals surface area contributed by atoms with Crippen LogP contribution in [0.1, 0.15) is 37.5 Å². The summed E-state index contributed by atoms with van der Waals surface area (Å²) in [7, 11) is 0. The van der Waals surface area contributed by atoms with Crippen molar-refractivity contribution in [3.63, 3.8) is 0 Å². The van der Waals surface area contributed by atoms with Crippen molar-refractivity contribution in [3.8, 4) is 0 Å². The highest BCUT2D eigenvalue weighted by atomic mass is 32.1. The Bertz CT molecular complexity index is 605. The van der Waals surface area contributed by atoms with Gasteiger partial charge in [0, 0.05) is 6.54 Å². The van der Waals surface area contributed by atoms with Gasteiger partial charge >= 0.3 is 0 Å². The first-order valence-corrected chi connectivity index (χ1v) is 7.76. The zero-order valence-corrected chi connectivity index (χ0v) is 13.4. The second-order valence-corrected chi connectivity index (χ2v) is 6.23. The minimum atomic E-state index is 0.0416. The van der Waals surface area contributed by atoms with Gasteiger partial charge in [0.25, 0.3) is 5.91 Å². The molecule has 0 saturated heterocycles. The molecule has 2 rings (SSSR count). The van der Waals surface area contributed by atoms with E-state index in [0.717, 1.165) is 16.9 Å². The van der Waals surface area contributed by atoms with Crippen LogP contribution in [0.25, 0.3) is 0 Å². The first-order valence-electron chi connectivity index (χ1n) is 6.88. The summed E-state index contributed by atoms with van der Waals surface area (Å²) in [5, 5.41) is 4.97. The lowest BCUT2D eigenvalue weighted by Gasteiger charge is -2.12. The second kappa shape index (κ2) is 6.23. The zero-order chi connectivity index (χ0) is 14.7. The van der Waals surface area contributed by atoms with Gasteiger partial charge in [-0.3, -0.25) is 4.79 Å². The Labute approximate surface area is 124 Å². The van der Waals surface area contributed by atoms with E-state index in [1.165, 1.54) is 33.6 Å². The molecule has 0 radical (unpaired) electrons. The largest absolute Gasteiger partial charge is 0.351 e. The number of carbonyl (C=O) groups excluding carboxylic acids is 1. The van der Waals surface area contributed by atoms with E-state index in [0.29, 0.717) is 6.54 Å². The molecular formula is C17H21NOS. The van der Waals surface area contributed by atoms with Gasteiger partial charge in [-0.25, -0.2) is 0 Å². The van der Waals surface area contributed by atoms with E-state index < -0.39 is 0 Å². The lowest BCUT2D eigenvalue weighted by molar-refractivity contribution is 0.0957. The smallest absolute Gasteiger partial charge is 0.261 e. The number of nitrogens with one attached hydrogen (secondary N) is 1. The number of thiophene rings is 1. The van der Waals surface area contributed by atoms with Gasteiger partial charge in [-0.2, -0.15) is 0 Å². The van der Waals surface area contributed by atoms with E-state index in [4.69, 9.17) is 0 Å². The average molecular weight is 287 g/mol. The van der Waals surface area contributed by atoms with Gasteiger partial charge in [0.2, 0.25) is 0 Å². The minimum absolute atomic E-state index is 0.0416. The number of hydrogen-bond acceptors (Lipinski definition) is 2. The normalized spacial score (nSPS) is 10.6. The average Bonchev–Trinajstić information content (AvgIpc) is 2.78. The van der Waals surface area contributed by atoms with Gasteiger partial charge in [-0.1, -0.05) is 17.7 Å². The number of benzene rings is 1. The van der Waals surface area contributed by atoms with Crippen molar-refractivity contribution < 1.29 is 4.79 Å². The van der Waals surface area contributed by atoms with Gasteiger partial charge in [-0.05, 0) is 67.8 Å². The van der Waals surface area contributed by atoms with Crippen LogP contribution >= 0.6 is 11.3 Å². The summed E-state index contributed by atoms with van der Waals surface area (Å²) in [6.45, 7) is 9.05. The highest BCUT2D eigenvalue weighted by Crippen LogP contribution is 2.17. The molecule has 1 amide bonds. The van der Waals surface area contributed by atoms with E-state index in [9.17, 15) is 4.79 Å². The first-order chi connectivity index (χ1) is 9.49. The third-order valence-corrected chi connectivity index (χ3v) is 4.58. The molecule has 0 fully saturated rings. The molecule has 0 bridgehead atoms. The monoisotopic (exact) mass is 287 g/mol. The number of hydrogen-bond donors (Lipinski definition) is 1. The number of amides is 1. The van der Waals surface area contributed by atoms with Crippen molar-refractivity contribution in [2.45, 2.75) is 34.1 Å². The van der Waals surface area contributed by atoms with E-state index in [1.54, 1.807) is 0 Å². The molecule has 0 unspecified atom stereocenters. The third kappa shape index (κ3) is 3.28. The van der Waals surface area contributed by atoms with Gasteiger partial charge in [0.1, 0.15) is 0 Å². The van der Waals surface area contributed by atoms with E-state index in [-0.39, 0.29) is 5.91 Å². The van der Waals surface area contributed by atoms with Crippen molar-refractivity contribution >= 4 is 17.2 Å². The van der Waals surface area contributed by atoms with Crippen LogP contribution in [0.15, 0.2) is 23.6 Å². The summed E-state index contributed by atoms with van der Waals surface area (Å²) >= 11 is 1.50. The molecule has 0 aliphatic rings. The van der Waals surface area contributed by atoms with Crippen LogP contribution in [-0.2, 0) is 6.42 Å². The highest BCUT2D eigenvalue weighted by Gasteiger charge is 2.10. The fourth-order valence-electron chi connectivity index (χ4n) is 2.59.